The molecule has 3 heterocycles. The minimum atomic E-state index is -4.64. The van der Waals surface area contributed by atoms with Crippen LogP contribution in [0.25, 0.3) is 0 Å². The average molecular weight is 616 g/mol. The van der Waals surface area contributed by atoms with Gasteiger partial charge >= 0.3 is 12.3 Å². The Kier molecular flexibility index (Phi) is 8.70. The number of sulfone groups is 1. The van der Waals surface area contributed by atoms with Crippen LogP contribution in [0.2, 0.25) is 0 Å². The molecule has 228 valence electrons. The van der Waals surface area contributed by atoms with Crippen molar-refractivity contribution < 1.29 is 40.2 Å². The molecule has 12 nitrogen and oxygen atoms in total. The van der Waals surface area contributed by atoms with Gasteiger partial charge in [0.25, 0.3) is 0 Å². The van der Waals surface area contributed by atoms with Gasteiger partial charge in [0.05, 0.1) is 29.2 Å². The van der Waals surface area contributed by atoms with Crippen molar-refractivity contribution in [1.82, 2.24) is 19.6 Å². The van der Waals surface area contributed by atoms with Gasteiger partial charge in [-0.1, -0.05) is 6.58 Å². The topological polar surface area (TPSA) is 144 Å². The summed E-state index contributed by atoms with van der Waals surface area (Å²) in [6, 6.07) is 3.97. The lowest BCUT2D eigenvalue weighted by atomic mass is 10.0. The monoisotopic (exact) mass is 615 g/mol. The molecule has 1 amide bonds. The van der Waals surface area contributed by atoms with Crippen molar-refractivity contribution in [1.29, 1.82) is 0 Å². The number of piperidine rings is 1. The lowest BCUT2D eigenvalue weighted by Crippen LogP contribution is -2.49. The summed E-state index contributed by atoms with van der Waals surface area (Å²) < 4.78 is 88.7. The van der Waals surface area contributed by atoms with Crippen LogP contribution in [-0.2, 0) is 27.8 Å². The Morgan fingerprint density at radius 2 is 1.95 bits per heavy atom. The molecule has 2 aliphatic heterocycles. The van der Waals surface area contributed by atoms with E-state index in [1.807, 2.05) is 4.90 Å². The van der Waals surface area contributed by atoms with Crippen molar-refractivity contribution in [3.05, 3.63) is 59.6 Å². The van der Waals surface area contributed by atoms with E-state index >= 15 is 0 Å². The third kappa shape index (κ3) is 6.78. The van der Waals surface area contributed by atoms with Crippen LogP contribution in [-0.4, -0.2) is 79.0 Å². The van der Waals surface area contributed by atoms with E-state index in [-0.39, 0.29) is 47.9 Å². The summed E-state index contributed by atoms with van der Waals surface area (Å²) in [5.41, 5.74) is 4.84. The Morgan fingerprint density at radius 1 is 1.26 bits per heavy atom. The number of rotatable bonds is 6. The zero-order valence-corrected chi connectivity index (χ0v) is 23.5. The van der Waals surface area contributed by atoms with Gasteiger partial charge in [-0.05, 0) is 31.0 Å². The number of aliphatic imine (C=N–C) groups is 1. The lowest BCUT2D eigenvalue weighted by molar-refractivity contribution is -0.143. The van der Waals surface area contributed by atoms with Crippen molar-refractivity contribution >= 4 is 28.0 Å². The summed E-state index contributed by atoms with van der Waals surface area (Å²) in [5.74, 6) is -1.03. The number of hydrogen-bond donors (Lipinski definition) is 2. The smallest absolute Gasteiger partial charge is 0.433 e. The number of nitrogens with two attached hydrogens (primary N) is 1. The number of halogens is 4. The molecule has 1 aromatic heterocycles. The number of amides is 1. The molecule has 0 atom stereocenters. The van der Waals surface area contributed by atoms with Crippen molar-refractivity contribution in [3.63, 3.8) is 0 Å². The number of benzene rings is 1. The average Bonchev–Trinajstić information content (AvgIpc) is 3.29. The highest BCUT2D eigenvalue weighted by Crippen LogP contribution is 2.33. The first-order valence-corrected chi connectivity index (χ1v) is 14.5. The number of alkyl halides is 3. The van der Waals surface area contributed by atoms with Crippen LogP contribution in [0.3, 0.4) is 0 Å². The molecule has 1 aromatic carbocycles. The maximum Gasteiger partial charge on any atom is 0.433 e. The number of likely N-dealkylation sites (tertiary alicyclic amines) is 1. The summed E-state index contributed by atoms with van der Waals surface area (Å²) in [6.07, 6.45) is -2.52. The minimum Gasteiger partial charge on any atom is -0.486 e. The first-order chi connectivity index (χ1) is 19.7. The number of aryl methyl sites for hydroxylation is 1. The summed E-state index contributed by atoms with van der Waals surface area (Å²) >= 11 is 0. The van der Waals surface area contributed by atoms with Crippen molar-refractivity contribution in [2.45, 2.75) is 30.0 Å². The normalized spacial score (nSPS) is 18.3. The molecule has 0 bridgehead atoms. The number of hydrogen-bond acceptors (Lipinski definition) is 9. The second-order valence-electron chi connectivity index (χ2n) is 9.56. The Labute approximate surface area is 239 Å². The van der Waals surface area contributed by atoms with E-state index in [1.54, 1.807) is 0 Å². The fourth-order valence-corrected chi connectivity index (χ4v) is 5.28. The van der Waals surface area contributed by atoms with E-state index in [2.05, 4.69) is 22.0 Å². The van der Waals surface area contributed by atoms with Gasteiger partial charge in [0, 0.05) is 38.5 Å². The second kappa shape index (κ2) is 11.9. The number of ether oxygens (including phenoxy) is 2. The van der Waals surface area contributed by atoms with Gasteiger partial charge in [0.1, 0.15) is 18.1 Å². The second-order valence-corrected chi connectivity index (χ2v) is 11.6. The van der Waals surface area contributed by atoms with E-state index < -0.39 is 39.5 Å². The molecule has 17 heteroatoms. The molecule has 2 fully saturated rings. The number of carbonyl (C=O) groups excluding carboxylic acids is 1. The fourth-order valence-electron chi connectivity index (χ4n) is 4.65. The Balaban J connectivity index is 1.43. The predicted molar refractivity (Wildman–Crippen MR) is 143 cm³/mol. The van der Waals surface area contributed by atoms with Gasteiger partial charge in [0.2, 0.25) is 5.88 Å². The molecule has 42 heavy (non-hydrogen) atoms. The van der Waals surface area contributed by atoms with Crippen LogP contribution in [0.15, 0.2) is 58.0 Å². The summed E-state index contributed by atoms with van der Waals surface area (Å²) in [7, 11) is -2.51. The molecule has 2 saturated heterocycles. The van der Waals surface area contributed by atoms with Crippen molar-refractivity contribution in [2.75, 3.05) is 37.8 Å². The molecule has 2 aliphatic rings. The predicted octanol–water partition coefficient (Wildman–Crippen LogP) is 3.06. The molecule has 0 aliphatic carbocycles. The highest BCUT2D eigenvalue weighted by atomic mass is 32.2. The fraction of sp³-hybridized carbons (Fsp3) is 0.400. The quantitative estimate of drug-likeness (QED) is 0.285. The van der Waals surface area contributed by atoms with Gasteiger partial charge in [-0.2, -0.15) is 13.2 Å². The van der Waals surface area contributed by atoms with E-state index in [0.29, 0.717) is 35.8 Å². The highest BCUT2D eigenvalue weighted by molar-refractivity contribution is 7.90. The zero-order valence-electron chi connectivity index (χ0n) is 22.7. The highest BCUT2D eigenvalue weighted by Gasteiger charge is 2.36. The molecular weight excluding hydrogens is 586 g/mol. The largest absolute Gasteiger partial charge is 0.486 e. The van der Waals surface area contributed by atoms with E-state index in [9.17, 15) is 30.8 Å². The van der Waals surface area contributed by atoms with Crippen LogP contribution >= 0.6 is 0 Å². The van der Waals surface area contributed by atoms with E-state index in [1.165, 1.54) is 17.0 Å². The van der Waals surface area contributed by atoms with Crippen LogP contribution in [0.4, 0.5) is 28.0 Å². The van der Waals surface area contributed by atoms with E-state index in [0.717, 1.165) is 25.7 Å². The third-order valence-corrected chi connectivity index (χ3v) is 7.84. The molecular formula is C25H29F4N7O5S. The van der Waals surface area contributed by atoms with Crippen molar-refractivity contribution in [2.24, 2.45) is 17.8 Å². The number of aromatic nitrogens is 2. The molecule has 0 unspecified atom stereocenters. The standard InChI is InChI=1S/C25H29F4N7O5S/c1-15-22(23(31-14-30)32-19-5-4-17(12-18(19)26)42(3,38)39)40-11-10-36(15)16-6-8-35(9-7-16)24(37)41-21-13-20(25(27,28)29)34(2)33-21/h4-5,12-14,16,32H,1,6-11H2,2-3H3,(H2,30,31)/b23-22-. The molecule has 2 aromatic rings. The Hall–Kier alpha value is -4.28. The molecule has 0 radical (unpaired) electrons. The summed E-state index contributed by atoms with van der Waals surface area (Å²) in [4.78, 5) is 19.8. The van der Waals surface area contributed by atoms with Crippen LogP contribution < -0.4 is 15.8 Å². The number of nitrogens with zero attached hydrogens (tertiary/aromatic N) is 5. The van der Waals surface area contributed by atoms with Gasteiger partial charge < -0.3 is 30.3 Å². The van der Waals surface area contributed by atoms with Gasteiger partial charge in [0.15, 0.2) is 21.4 Å². The van der Waals surface area contributed by atoms with Gasteiger partial charge in [-0.25, -0.2) is 22.6 Å². The van der Waals surface area contributed by atoms with Gasteiger partial charge in [-0.15, -0.1) is 5.10 Å². The number of carbonyl (C=O) groups is 1. The number of nitrogens with one attached hydrogen (secondary N) is 1. The number of morpholine rings is 1. The zero-order chi connectivity index (χ0) is 30.8. The third-order valence-electron chi connectivity index (χ3n) is 6.73. The lowest BCUT2D eigenvalue weighted by Gasteiger charge is -2.42. The number of anilines is 1. The van der Waals surface area contributed by atoms with Crippen LogP contribution in [0.5, 0.6) is 5.88 Å². The summed E-state index contributed by atoms with van der Waals surface area (Å²) in [6.45, 7) is 5.33. The summed E-state index contributed by atoms with van der Waals surface area (Å²) in [5, 5.41) is 6.39. The van der Waals surface area contributed by atoms with E-state index in [4.69, 9.17) is 15.2 Å². The first kappa shape index (κ1) is 30.7. The Morgan fingerprint density at radius 3 is 2.52 bits per heavy atom. The Bertz CT molecular complexity index is 1530. The maximum atomic E-state index is 14.7. The van der Waals surface area contributed by atoms with Crippen LogP contribution in [0.1, 0.15) is 18.5 Å². The molecule has 3 N–H and O–H groups in total. The van der Waals surface area contributed by atoms with Gasteiger partial charge in [-0.3, -0.25) is 4.68 Å². The van der Waals surface area contributed by atoms with Crippen molar-refractivity contribution in [3.8, 4) is 5.88 Å². The SMILES string of the molecule is C=C1/C(=C(\N=CN)Nc2ccc(S(C)(=O)=O)cc2F)OCCN1C1CCN(C(=O)Oc2cc(C(F)(F)F)n(C)n2)CC1. The maximum absolute atomic E-state index is 14.7. The molecule has 4 rings (SSSR count). The molecule has 0 saturated carbocycles. The minimum absolute atomic E-state index is 0.0489. The first-order valence-electron chi connectivity index (χ1n) is 12.6. The molecule has 0 spiro atoms. The van der Waals surface area contributed by atoms with Crippen LogP contribution in [0, 0.1) is 5.82 Å².